The number of carbonyl (C=O) groups is 1. The molecule has 0 atom stereocenters. The zero-order valence-corrected chi connectivity index (χ0v) is 16.4. The Hall–Kier alpha value is -3.67. The van der Waals surface area contributed by atoms with Gasteiger partial charge < -0.3 is 14.0 Å². The van der Waals surface area contributed by atoms with Crippen molar-refractivity contribution in [3.8, 4) is 17.0 Å². The highest BCUT2D eigenvalue weighted by atomic mass is 16.5. The molecule has 0 saturated carbocycles. The summed E-state index contributed by atoms with van der Waals surface area (Å²) in [5.41, 5.74) is 4.27. The van der Waals surface area contributed by atoms with Crippen LogP contribution in [0.25, 0.3) is 22.2 Å². The molecule has 0 unspecified atom stereocenters. The summed E-state index contributed by atoms with van der Waals surface area (Å²) in [6.07, 6.45) is 0. The SMILES string of the molecule is COc1ccc(-c2cc(C(=O)OCc3c(C)noc3C)c3ccccc3n2)cc1. The molecule has 29 heavy (non-hydrogen) atoms. The lowest BCUT2D eigenvalue weighted by Crippen LogP contribution is -2.08. The van der Waals surface area contributed by atoms with Gasteiger partial charge in [0.2, 0.25) is 0 Å². The minimum absolute atomic E-state index is 0.106. The van der Waals surface area contributed by atoms with Crippen LogP contribution in [-0.2, 0) is 11.3 Å². The molecule has 0 saturated heterocycles. The maximum Gasteiger partial charge on any atom is 0.339 e. The van der Waals surface area contributed by atoms with Gasteiger partial charge in [-0.1, -0.05) is 23.4 Å². The normalized spacial score (nSPS) is 10.9. The van der Waals surface area contributed by atoms with E-state index in [1.54, 1.807) is 20.1 Å². The predicted molar refractivity (Wildman–Crippen MR) is 109 cm³/mol. The molecule has 4 aromatic rings. The average Bonchev–Trinajstić information content (AvgIpc) is 3.08. The number of hydrogen-bond donors (Lipinski definition) is 0. The second-order valence-electron chi connectivity index (χ2n) is 6.68. The molecule has 0 aliphatic rings. The van der Waals surface area contributed by atoms with E-state index in [-0.39, 0.29) is 6.61 Å². The van der Waals surface area contributed by atoms with Gasteiger partial charge in [0.05, 0.1) is 35.1 Å². The van der Waals surface area contributed by atoms with E-state index in [9.17, 15) is 4.79 Å². The predicted octanol–water partition coefficient (Wildman–Crippen LogP) is 4.87. The molecule has 6 nitrogen and oxygen atoms in total. The molecule has 0 aliphatic heterocycles. The Morgan fingerprint density at radius 2 is 1.83 bits per heavy atom. The third-order valence-corrected chi connectivity index (χ3v) is 4.85. The third-order valence-electron chi connectivity index (χ3n) is 4.85. The number of aromatic nitrogens is 2. The number of pyridine rings is 1. The molecule has 0 radical (unpaired) electrons. The molecule has 0 N–H and O–H groups in total. The van der Waals surface area contributed by atoms with Crippen LogP contribution in [0, 0.1) is 13.8 Å². The number of benzene rings is 2. The standard InChI is InChI=1S/C23H20N2O4/c1-14-20(15(2)29-25-14)13-28-23(26)19-12-22(16-8-10-17(27-3)11-9-16)24-21-7-5-4-6-18(19)21/h4-12H,13H2,1-3H3. The van der Waals surface area contributed by atoms with Crippen LogP contribution < -0.4 is 4.74 Å². The minimum Gasteiger partial charge on any atom is -0.497 e. The van der Waals surface area contributed by atoms with Crippen molar-refractivity contribution < 1.29 is 18.8 Å². The molecule has 2 aromatic heterocycles. The smallest absolute Gasteiger partial charge is 0.339 e. The zero-order chi connectivity index (χ0) is 20.4. The zero-order valence-electron chi connectivity index (χ0n) is 16.4. The fourth-order valence-corrected chi connectivity index (χ4v) is 3.18. The van der Waals surface area contributed by atoms with Crippen molar-refractivity contribution in [1.82, 2.24) is 10.1 Å². The summed E-state index contributed by atoms with van der Waals surface area (Å²) in [7, 11) is 1.62. The van der Waals surface area contributed by atoms with Crippen molar-refractivity contribution in [3.05, 3.63) is 77.2 Å². The van der Waals surface area contributed by atoms with Crippen LogP contribution in [0.15, 0.2) is 59.1 Å². The van der Waals surface area contributed by atoms with Crippen molar-refractivity contribution in [3.63, 3.8) is 0 Å². The number of rotatable bonds is 5. The van der Waals surface area contributed by atoms with Crippen LogP contribution in [0.5, 0.6) is 5.75 Å². The van der Waals surface area contributed by atoms with Crippen molar-refractivity contribution in [2.45, 2.75) is 20.5 Å². The van der Waals surface area contributed by atoms with Crippen molar-refractivity contribution >= 4 is 16.9 Å². The number of fused-ring (bicyclic) bond motifs is 1. The summed E-state index contributed by atoms with van der Waals surface area (Å²) >= 11 is 0. The monoisotopic (exact) mass is 388 g/mol. The Labute approximate surface area is 168 Å². The highest BCUT2D eigenvalue weighted by Gasteiger charge is 2.17. The summed E-state index contributed by atoms with van der Waals surface area (Å²) < 4.78 is 15.9. The van der Waals surface area contributed by atoms with E-state index in [4.69, 9.17) is 19.0 Å². The molecular formula is C23H20N2O4. The highest BCUT2D eigenvalue weighted by Crippen LogP contribution is 2.27. The Kier molecular flexibility index (Phi) is 4.99. The topological polar surface area (TPSA) is 74.5 Å². The maximum absolute atomic E-state index is 12.9. The lowest BCUT2D eigenvalue weighted by atomic mass is 10.0. The first-order chi connectivity index (χ1) is 14.1. The fraction of sp³-hybridized carbons (Fsp3) is 0.174. The van der Waals surface area contributed by atoms with Gasteiger partial charge in [-0.05, 0) is 50.2 Å². The summed E-state index contributed by atoms with van der Waals surface area (Å²) in [5, 5.41) is 4.64. The van der Waals surface area contributed by atoms with Gasteiger partial charge in [0.25, 0.3) is 0 Å². The molecule has 2 heterocycles. The molecular weight excluding hydrogens is 368 g/mol. The quantitative estimate of drug-likeness (QED) is 0.454. The van der Waals surface area contributed by atoms with E-state index < -0.39 is 5.97 Å². The van der Waals surface area contributed by atoms with E-state index in [0.29, 0.717) is 22.7 Å². The minimum atomic E-state index is -0.418. The Morgan fingerprint density at radius 3 is 2.52 bits per heavy atom. The lowest BCUT2D eigenvalue weighted by molar-refractivity contribution is 0.0473. The second kappa shape index (κ2) is 7.75. The summed E-state index contributed by atoms with van der Waals surface area (Å²) in [4.78, 5) is 17.6. The van der Waals surface area contributed by atoms with Gasteiger partial charge in [0, 0.05) is 10.9 Å². The van der Waals surface area contributed by atoms with E-state index >= 15 is 0 Å². The van der Waals surface area contributed by atoms with Gasteiger partial charge in [0.1, 0.15) is 18.1 Å². The number of carbonyl (C=O) groups excluding carboxylic acids is 1. The molecule has 146 valence electrons. The van der Waals surface area contributed by atoms with Gasteiger partial charge >= 0.3 is 5.97 Å². The first kappa shape index (κ1) is 18.7. The number of aryl methyl sites for hydroxylation is 2. The first-order valence-electron chi connectivity index (χ1n) is 9.20. The molecule has 0 amide bonds. The summed E-state index contributed by atoms with van der Waals surface area (Å²) in [6, 6.07) is 16.8. The Balaban J connectivity index is 1.71. The lowest BCUT2D eigenvalue weighted by Gasteiger charge is -2.10. The molecule has 0 bridgehead atoms. The summed E-state index contributed by atoms with van der Waals surface area (Å²) in [5.74, 6) is 0.987. The van der Waals surface area contributed by atoms with Gasteiger partial charge in [-0.3, -0.25) is 0 Å². The largest absolute Gasteiger partial charge is 0.497 e. The van der Waals surface area contributed by atoms with E-state index in [0.717, 1.165) is 27.8 Å². The van der Waals surface area contributed by atoms with E-state index in [1.807, 2.05) is 55.5 Å². The summed E-state index contributed by atoms with van der Waals surface area (Å²) in [6.45, 7) is 3.73. The van der Waals surface area contributed by atoms with Gasteiger partial charge in [-0.25, -0.2) is 9.78 Å². The van der Waals surface area contributed by atoms with Crippen LogP contribution in [-0.4, -0.2) is 23.2 Å². The van der Waals surface area contributed by atoms with Gasteiger partial charge in [-0.15, -0.1) is 0 Å². The molecule has 6 heteroatoms. The number of esters is 1. The highest BCUT2D eigenvalue weighted by molar-refractivity contribution is 6.04. The first-order valence-corrected chi connectivity index (χ1v) is 9.20. The van der Waals surface area contributed by atoms with Crippen LogP contribution in [0.1, 0.15) is 27.4 Å². The third kappa shape index (κ3) is 3.69. The molecule has 2 aromatic carbocycles. The molecule has 4 rings (SSSR count). The van der Waals surface area contributed by atoms with Gasteiger partial charge in [-0.2, -0.15) is 0 Å². The number of para-hydroxylation sites is 1. The molecule has 0 aliphatic carbocycles. The number of hydrogen-bond acceptors (Lipinski definition) is 6. The maximum atomic E-state index is 12.9. The van der Waals surface area contributed by atoms with Crippen LogP contribution in [0.3, 0.4) is 0 Å². The molecule has 0 spiro atoms. The Morgan fingerprint density at radius 1 is 1.07 bits per heavy atom. The van der Waals surface area contributed by atoms with Crippen LogP contribution >= 0.6 is 0 Å². The second-order valence-corrected chi connectivity index (χ2v) is 6.68. The van der Waals surface area contributed by atoms with E-state index in [2.05, 4.69) is 5.16 Å². The number of ether oxygens (including phenoxy) is 2. The van der Waals surface area contributed by atoms with Gasteiger partial charge in [0.15, 0.2) is 0 Å². The van der Waals surface area contributed by atoms with E-state index in [1.165, 1.54) is 0 Å². The number of methoxy groups -OCH3 is 1. The number of nitrogens with zero attached hydrogens (tertiary/aromatic N) is 2. The van der Waals surface area contributed by atoms with Crippen molar-refractivity contribution in [2.75, 3.05) is 7.11 Å². The average molecular weight is 388 g/mol. The van der Waals surface area contributed by atoms with Crippen molar-refractivity contribution in [1.29, 1.82) is 0 Å². The van der Waals surface area contributed by atoms with Crippen LogP contribution in [0.4, 0.5) is 0 Å². The Bertz CT molecular complexity index is 1160. The fourth-order valence-electron chi connectivity index (χ4n) is 3.18. The van der Waals surface area contributed by atoms with Crippen LogP contribution in [0.2, 0.25) is 0 Å². The van der Waals surface area contributed by atoms with Crippen molar-refractivity contribution in [2.24, 2.45) is 0 Å². The molecule has 0 fully saturated rings.